The van der Waals surface area contributed by atoms with Crippen molar-refractivity contribution in [3.63, 3.8) is 0 Å². The van der Waals surface area contributed by atoms with Crippen molar-refractivity contribution >= 4 is 0 Å². The van der Waals surface area contributed by atoms with Crippen molar-refractivity contribution in [3.8, 4) is 0 Å². The maximum absolute atomic E-state index is 13.6. The first-order valence-electron chi connectivity index (χ1n) is 6.42. The molecule has 1 nitrogen and oxygen atoms in total. The molecule has 2 aliphatic rings. The average molecular weight is 256 g/mol. The Morgan fingerprint density at radius 3 is 2.22 bits per heavy atom. The van der Waals surface area contributed by atoms with Crippen LogP contribution in [0.1, 0.15) is 37.4 Å². The molecule has 3 atom stereocenters. The fourth-order valence-corrected chi connectivity index (χ4v) is 3.49. The molecule has 1 aromatic rings. The van der Waals surface area contributed by atoms with Crippen LogP contribution in [0.2, 0.25) is 0 Å². The lowest BCUT2D eigenvalue weighted by molar-refractivity contribution is 0.136. The number of rotatable bonds is 2. The fourth-order valence-electron chi connectivity index (χ4n) is 3.49. The van der Waals surface area contributed by atoms with Crippen LogP contribution in [0, 0.1) is 35.2 Å². The number of halogens is 3. The summed E-state index contributed by atoms with van der Waals surface area (Å²) in [5, 5.41) is 10.2. The van der Waals surface area contributed by atoms with E-state index in [1.807, 2.05) is 0 Å². The average Bonchev–Trinajstić information content (AvgIpc) is 3.10. The van der Waals surface area contributed by atoms with Gasteiger partial charge in [0.05, 0.1) is 6.10 Å². The zero-order valence-electron chi connectivity index (χ0n) is 9.87. The van der Waals surface area contributed by atoms with Crippen LogP contribution >= 0.6 is 0 Å². The Morgan fingerprint density at radius 2 is 1.61 bits per heavy atom. The summed E-state index contributed by atoms with van der Waals surface area (Å²) in [5.74, 6) is -3.06. The second-order valence-corrected chi connectivity index (χ2v) is 5.40. The summed E-state index contributed by atoms with van der Waals surface area (Å²) in [6, 6.07) is 2.03. The second kappa shape index (κ2) is 4.26. The summed E-state index contributed by atoms with van der Waals surface area (Å²) in [4.78, 5) is 0. The van der Waals surface area contributed by atoms with Gasteiger partial charge in [-0.15, -0.1) is 0 Å². The van der Waals surface area contributed by atoms with Crippen LogP contribution in [0.5, 0.6) is 0 Å². The van der Waals surface area contributed by atoms with Crippen molar-refractivity contribution in [1.82, 2.24) is 0 Å². The number of hydrogen-bond acceptors (Lipinski definition) is 1. The minimum absolute atomic E-state index is 0.0202. The first-order valence-corrected chi connectivity index (χ1v) is 6.42. The lowest BCUT2D eigenvalue weighted by atomic mass is 10.0. The van der Waals surface area contributed by atoms with Crippen molar-refractivity contribution in [2.24, 2.45) is 17.8 Å². The zero-order chi connectivity index (χ0) is 12.9. The van der Waals surface area contributed by atoms with E-state index >= 15 is 0 Å². The summed E-state index contributed by atoms with van der Waals surface area (Å²) in [6.45, 7) is 0. The van der Waals surface area contributed by atoms with E-state index in [4.69, 9.17) is 0 Å². The van der Waals surface area contributed by atoms with Gasteiger partial charge in [0.2, 0.25) is 0 Å². The molecule has 1 aromatic carbocycles. The van der Waals surface area contributed by atoms with Gasteiger partial charge >= 0.3 is 0 Å². The summed E-state index contributed by atoms with van der Waals surface area (Å²) in [7, 11) is 0. The highest BCUT2D eigenvalue weighted by Gasteiger charge is 2.54. The van der Waals surface area contributed by atoms with Gasteiger partial charge in [-0.25, -0.2) is 13.2 Å². The van der Waals surface area contributed by atoms with Gasteiger partial charge in [0.15, 0.2) is 17.5 Å². The third-order valence-corrected chi connectivity index (χ3v) is 4.47. The first kappa shape index (κ1) is 12.0. The standard InChI is InChI=1S/C14H15F3O/c15-10-6-5-9(12(16)13(10)17)14(18)11-7-3-1-2-4-8(7)11/h5-8,11,14,18H,1-4H2. The minimum Gasteiger partial charge on any atom is -0.388 e. The molecule has 0 aromatic heterocycles. The van der Waals surface area contributed by atoms with Gasteiger partial charge in [0, 0.05) is 5.56 Å². The van der Waals surface area contributed by atoms with Gasteiger partial charge in [-0.3, -0.25) is 0 Å². The van der Waals surface area contributed by atoms with Crippen molar-refractivity contribution < 1.29 is 18.3 Å². The maximum Gasteiger partial charge on any atom is 0.194 e. The normalized spacial score (nSPS) is 31.9. The van der Waals surface area contributed by atoms with Crippen LogP contribution in [0.25, 0.3) is 0 Å². The Morgan fingerprint density at radius 1 is 1.00 bits per heavy atom. The molecular formula is C14H15F3O. The Labute approximate surface area is 104 Å². The highest BCUT2D eigenvalue weighted by atomic mass is 19.2. The Hall–Kier alpha value is -1.03. The molecule has 2 saturated carbocycles. The lowest BCUT2D eigenvalue weighted by Crippen LogP contribution is -2.07. The number of benzene rings is 1. The largest absolute Gasteiger partial charge is 0.388 e. The molecule has 3 rings (SSSR count). The topological polar surface area (TPSA) is 20.2 Å². The summed E-state index contributed by atoms with van der Waals surface area (Å²) in [5.41, 5.74) is -0.103. The third kappa shape index (κ3) is 1.74. The molecule has 2 fully saturated rings. The molecule has 0 amide bonds. The molecule has 2 aliphatic carbocycles. The summed E-state index contributed by atoms with van der Waals surface area (Å²) in [6.07, 6.45) is 3.39. The molecule has 0 bridgehead atoms. The van der Waals surface area contributed by atoms with E-state index in [-0.39, 0.29) is 11.5 Å². The van der Waals surface area contributed by atoms with Crippen molar-refractivity contribution in [1.29, 1.82) is 0 Å². The predicted molar refractivity (Wildman–Crippen MR) is 60.2 cm³/mol. The number of fused-ring (bicyclic) bond motifs is 1. The minimum atomic E-state index is -1.49. The quantitative estimate of drug-likeness (QED) is 0.802. The van der Waals surface area contributed by atoms with Crippen molar-refractivity contribution in [2.45, 2.75) is 31.8 Å². The molecule has 0 aliphatic heterocycles. The van der Waals surface area contributed by atoms with Crippen LogP contribution in [0.3, 0.4) is 0 Å². The second-order valence-electron chi connectivity index (χ2n) is 5.40. The monoisotopic (exact) mass is 256 g/mol. The zero-order valence-corrected chi connectivity index (χ0v) is 9.87. The SMILES string of the molecule is OC(c1ccc(F)c(F)c1F)C1C2CCCCC21. The van der Waals surface area contributed by atoms with E-state index in [0.717, 1.165) is 37.8 Å². The van der Waals surface area contributed by atoms with Crippen LogP contribution < -0.4 is 0 Å². The van der Waals surface area contributed by atoms with Gasteiger partial charge in [-0.1, -0.05) is 18.9 Å². The Bertz CT molecular complexity index is 462. The van der Waals surface area contributed by atoms with E-state index in [2.05, 4.69) is 0 Å². The molecule has 0 radical (unpaired) electrons. The molecular weight excluding hydrogens is 241 g/mol. The Balaban J connectivity index is 1.85. The Kier molecular flexibility index (Phi) is 2.85. The fraction of sp³-hybridized carbons (Fsp3) is 0.571. The maximum atomic E-state index is 13.6. The summed E-state index contributed by atoms with van der Waals surface area (Å²) < 4.78 is 39.6. The highest BCUT2D eigenvalue weighted by molar-refractivity contribution is 5.25. The van der Waals surface area contributed by atoms with E-state index in [9.17, 15) is 18.3 Å². The van der Waals surface area contributed by atoms with Crippen LogP contribution in [0.15, 0.2) is 12.1 Å². The lowest BCUT2D eigenvalue weighted by Gasteiger charge is -2.12. The van der Waals surface area contributed by atoms with Crippen LogP contribution in [-0.2, 0) is 0 Å². The summed E-state index contributed by atoms with van der Waals surface area (Å²) >= 11 is 0. The van der Waals surface area contributed by atoms with E-state index in [1.54, 1.807) is 0 Å². The van der Waals surface area contributed by atoms with Crippen molar-refractivity contribution in [3.05, 3.63) is 35.1 Å². The molecule has 98 valence electrons. The highest BCUT2D eigenvalue weighted by Crippen LogP contribution is 2.60. The third-order valence-electron chi connectivity index (χ3n) is 4.47. The molecule has 0 saturated heterocycles. The molecule has 0 spiro atoms. The van der Waals surface area contributed by atoms with E-state index in [1.165, 1.54) is 0 Å². The van der Waals surface area contributed by atoms with Gasteiger partial charge in [-0.2, -0.15) is 0 Å². The molecule has 0 heterocycles. The number of aliphatic hydroxyl groups is 1. The van der Waals surface area contributed by atoms with Gasteiger partial charge < -0.3 is 5.11 Å². The van der Waals surface area contributed by atoms with Crippen LogP contribution in [0.4, 0.5) is 13.2 Å². The van der Waals surface area contributed by atoms with E-state index in [0.29, 0.717) is 11.8 Å². The van der Waals surface area contributed by atoms with Gasteiger partial charge in [-0.05, 0) is 36.7 Å². The van der Waals surface area contributed by atoms with E-state index < -0.39 is 23.6 Å². The number of aliphatic hydroxyl groups excluding tert-OH is 1. The number of hydrogen-bond donors (Lipinski definition) is 1. The molecule has 3 unspecified atom stereocenters. The van der Waals surface area contributed by atoms with Crippen molar-refractivity contribution in [2.75, 3.05) is 0 Å². The van der Waals surface area contributed by atoms with Gasteiger partial charge in [0.1, 0.15) is 0 Å². The van der Waals surface area contributed by atoms with Crippen LogP contribution in [-0.4, -0.2) is 5.11 Å². The first-order chi connectivity index (χ1) is 8.61. The molecule has 18 heavy (non-hydrogen) atoms. The smallest absolute Gasteiger partial charge is 0.194 e. The van der Waals surface area contributed by atoms with Gasteiger partial charge in [0.25, 0.3) is 0 Å². The molecule has 1 N–H and O–H groups in total. The molecule has 4 heteroatoms. The predicted octanol–water partition coefficient (Wildman–Crippen LogP) is 3.57.